The van der Waals surface area contributed by atoms with Crippen molar-refractivity contribution in [3.05, 3.63) is 99.2 Å². The fourth-order valence-electron chi connectivity index (χ4n) is 3.43. The first-order valence-electron chi connectivity index (χ1n) is 10.0. The molecule has 1 heterocycles. The van der Waals surface area contributed by atoms with Crippen LogP contribution in [0.5, 0.6) is 0 Å². The van der Waals surface area contributed by atoms with Crippen LogP contribution >= 0.6 is 23.2 Å². The highest BCUT2D eigenvalue weighted by Crippen LogP contribution is 2.30. The second kappa shape index (κ2) is 9.10. The fraction of sp³-hybridized carbons (Fsp3) is 0.0800. The highest BCUT2D eigenvalue weighted by Gasteiger charge is 2.38. The summed E-state index contributed by atoms with van der Waals surface area (Å²) >= 11 is 12.0. The molecule has 0 spiro atoms. The summed E-state index contributed by atoms with van der Waals surface area (Å²) in [5, 5.41) is 6.05. The quantitative estimate of drug-likeness (QED) is 0.463. The molecular formula is C25H19Cl2N3O3. The van der Waals surface area contributed by atoms with Gasteiger partial charge in [0.15, 0.2) is 0 Å². The minimum absolute atomic E-state index is 0.0379. The van der Waals surface area contributed by atoms with Gasteiger partial charge in [-0.05, 0) is 74.0 Å². The molecule has 0 saturated heterocycles. The van der Waals surface area contributed by atoms with Gasteiger partial charge in [-0.15, -0.1) is 0 Å². The SMILES string of the molecule is Cc1ccc(NC(=O)c2ccc(NC3=C(Cl)C(=O)N(c4ccc(Cl)cc4)C3=O)cc2)c(C)c1. The molecule has 1 aliphatic heterocycles. The molecule has 166 valence electrons. The number of hydrogen-bond donors (Lipinski definition) is 2. The van der Waals surface area contributed by atoms with Crippen molar-refractivity contribution in [1.82, 2.24) is 0 Å². The lowest BCUT2D eigenvalue weighted by Crippen LogP contribution is -2.32. The van der Waals surface area contributed by atoms with Gasteiger partial charge in [0.25, 0.3) is 17.7 Å². The van der Waals surface area contributed by atoms with Crippen molar-refractivity contribution in [3.8, 4) is 0 Å². The maximum atomic E-state index is 12.9. The molecule has 0 aromatic heterocycles. The van der Waals surface area contributed by atoms with Gasteiger partial charge in [-0.2, -0.15) is 0 Å². The largest absolute Gasteiger partial charge is 0.350 e. The summed E-state index contributed by atoms with van der Waals surface area (Å²) in [6, 6.07) is 18.6. The number of rotatable bonds is 5. The van der Waals surface area contributed by atoms with E-state index in [2.05, 4.69) is 10.6 Å². The van der Waals surface area contributed by atoms with Gasteiger partial charge in [0.2, 0.25) is 0 Å². The highest BCUT2D eigenvalue weighted by molar-refractivity contribution is 6.53. The minimum Gasteiger partial charge on any atom is -0.350 e. The summed E-state index contributed by atoms with van der Waals surface area (Å²) in [6.07, 6.45) is 0. The molecule has 3 aromatic carbocycles. The number of carbonyl (C=O) groups is 3. The third-order valence-electron chi connectivity index (χ3n) is 5.16. The predicted octanol–water partition coefficient (Wildman–Crippen LogP) is 5.64. The Bertz CT molecular complexity index is 1300. The summed E-state index contributed by atoms with van der Waals surface area (Å²) in [5.41, 5.74) is 4.10. The molecule has 2 N–H and O–H groups in total. The van der Waals surface area contributed by atoms with Crippen LogP contribution in [0.25, 0.3) is 0 Å². The van der Waals surface area contributed by atoms with E-state index in [0.717, 1.165) is 21.7 Å². The van der Waals surface area contributed by atoms with Gasteiger partial charge < -0.3 is 10.6 Å². The van der Waals surface area contributed by atoms with Crippen LogP contribution in [0.15, 0.2) is 77.5 Å². The van der Waals surface area contributed by atoms with Crippen molar-refractivity contribution in [1.29, 1.82) is 0 Å². The molecule has 33 heavy (non-hydrogen) atoms. The average Bonchev–Trinajstić information content (AvgIpc) is 3.00. The molecule has 8 heteroatoms. The standard InChI is InChI=1S/C25H19Cl2N3O3/c1-14-3-12-20(15(2)13-14)29-23(31)16-4-8-18(9-5-16)28-22-21(27)24(32)30(25(22)33)19-10-6-17(26)7-11-19/h3-13,28H,1-2H3,(H,29,31). The molecular weight excluding hydrogens is 461 g/mol. The lowest BCUT2D eigenvalue weighted by atomic mass is 10.1. The Balaban J connectivity index is 1.48. The number of aryl methyl sites for hydroxylation is 2. The van der Waals surface area contributed by atoms with Crippen LogP contribution < -0.4 is 15.5 Å². The normalized spacial score (nSPS) is 13.5. The van der Waals surface area contributed by atoms with Crippen LogP contribution in [0, 0.1) is 13.8 Å². The maximum absolute atomic E-state index is 12.9. The van der Waals surface area contributed by atoms with E-state index in [-0.39, 0.29) is 16.6 Å². The zero-order valence-electron chi connectivity index (χ0n) is 17.8. The van der Waals surface area contributed by atoms with Gasteiger partial charge >= 0.3 is 0 Å². The van der Waals surface area contributed by atoms with Crippen LogP contribution in [-0.2, 0) is 9.59 Å². The third kappa shape index (κ3) is 4.62. The lowest BCUT2D eigenvalue weighted by molar-refractivity contribution is -0.120. The van der Waals surface area contributed by atoms with E-state index >= 15 is 0 Å². The predicted molar refractivity (Wildman–Crippen MR) is 131 cm³/mol. The maximum Gasteiger partial charge on any atom is 0.283 e. The number of nitrogens with one attached hydrogen (secondary N) is 2. The van der Waals surface area contributed by atoms with Gasteiger partial charge in [-0.1, -0.05) is 40.9 Å². The van der Waals surface area contributed by atoms with Gasteiger partial charge in [-0.25, -0.2) is 4.90 Å². The number of carbonyl (C=O) groups excluding carboxylic acids is 3. The Morgan fingerprint density at radius 1 is 0.848 bits per heavy atom. The van der Waals surface area contributed by atoms with Crippen molar-refractivity contribution in [2.45, 2.75) is 13.8 Å². The number of imide groups is 1. The van der Waals surface area contributed by atoms with Crippen LogP contribution in [-0.4, -0.2) is 17.7 Å². The average molecular weight is 480 g/mol. The first kappa shape index (κ1) is 22.6. The Kier molecular flexibility index (Phi) is 6.22. The second-order valence-corrected chi connectivity index (χ2v) is 8.40. The molecule has 0 unspecified atom stereocenters. The van der Waals surface area contributed by atoms with E-state index < -0.39 is 11.8 Å². The molecule has 4 rings (SSSR count). The Labute approximate surface area is 200 Å². The molecule has 3 aromatic rings. The fourth-order valence-corrected chi connectivity index (χ4v) is 3.77. The monoisotopic (exact) mass is 479 g/mol. The third-order valence-corrected chi connectivity index (χ3v) is 5.76. The summed E-state index contributed by atoms with van der Waals surface area (Å²) in [6.45, 7) is 3.92. The van der Waals surface area contributed by atoms with Crippen LogP contribution in [0.3, 0.4) is 0 Å². The van der Waals surface area contributed by atoms with Crippen LogP contribution in [0.1, 0.15) is 21.5 Å². The van der Waals surface area contributed by atoms with Crippen LogP contribution in [0.4, 0.5) is 17.1 Å². The van der Waals surface area contributed by atoms with Crippen molar-refractivity contribution in [2.75, 3.05) is 15.5 Å². The Hall–Kier alpha value is -3.61. The van der Waals surface area contributed by atoms with Crippen molar-refractivity contribution >= 4 is 58.0 Å². The number of benzene rings is 3. The van der Waals surface area contributed by atoms with Gasteiger partial charge in [-0.3, -0.25) is 14.4 Å². The number of anilines is 3. The summed E-state index contributed by atoms with van der Waals surface area (Å²) in [5.74, 6) is -1.47. The van der Waals surface area contributed by atoms with E-state index in [4.69, 9.17) is 23.2 Å². The summed E-state index contributed by atoms with van der Waals surface area (Å²) in [4.78, 5) is 39.0. The topological polar surface area (TPSA) is 78.5 Å². The lowest BCUT2D eigenvalue weighted by Gasteiger charge is -2.15. The van der Waals surface area contributed by atoms with Crippen LogP contribution in [0.2, 0.25) is 5.02 Å². The van der Waals surface area contributed by atoms with E-state index in [1.165, 1.54) is 0 Å². The molecule has 0 saturated carbocycles. The molecule has 0 fully saturated rings. The molecule has 0 radical (unpaired) electrons. The molecule has 1 aliphatic rings. The van der Waals surface area contributed by atoms with Crippen molar-refractivity contribution in [3.63, 3.8) is 0 Å². The molecule has 0 bridgehead atoms. The Morgan fingerprint density at radius 3 is 2.15 bits per heavy atom. The molecule has 3 amide bonds. The van der Waals surface area contributed by atoms with Gasteiger partial charge in [0.1, 0.15) is 10.7 Å². The number of amides is 3. The molecule has 0 aliphatic carbocycles. The zero-order valence-corrected chi connectivity index (χ0v) is 19.3. The first-order chi connectivity index (χ1) is 15.7. The number of hydrogen-bond acceptors (Lipinski definition) is 4. The van der Waals surface area contributed by atoms with Gasteiger partial charge in [0.05, 0.1) is 5.69 Å². The summed E-state index contributed by atoms with van der Waals surface area (Å²) < 4.78 is 0. The minimum atomic E-state index is -0.629. The van der Waals surface area contributed by atoms with E-state index in [9.17, 15) is 14.4 Å². The number of nitrogens with zero attached hydrogens (tertiary/aromatic N) is 1. The van der Waals surface area contributed by atoms with E-state index in [0.29, 0.717) is 22.0 Å². The van der Waals surface area contributed by atoms with Crippen molar-refractivity contribution in [2.24, 2.45) is 0 Å². The van der Waals surface area contributed by atoms with Gasteiger partial charge in [0, 0.05) is 22.0 Å². The number of halogens is 2. The zero-order chi connectivity index (χ0) is 23.7. The van der Waals surface area contributed by atoms with E-state index in [1.54, 1.807) is 48.5 Å². The van der Waals surface area contributed by atoms with E-state index in [1.807, 2.05) is 32.0 Å². The summed E-state index contributed by atoms with van der Waals surface area (Å²) in [7, 11) is 0. The molecule has 6 nitrogen and oxygen atoms in total. The smallest absolute Gasteiger partial charge is 0.283 e. The Morgan fingerprint density at radius 2 is 1.52 bits per heavy atom. The van der Waals surface area contributed by atoms with Crippen molar-refractivity contribution < 1.29 is 14.4 Å². The first-order valence-corrected chi connectivity index (χ1v) is 10.8. The highest BCUT2D eigenvalue weighted by atomic mass is 35.5. The molecule has 0 atom stereocenters. The second-order valence-electron chi connectivity index (χ2n) is 7.59.